The van der Waals surface area contributed by atoms with E-state index in [9.17, 15) is 9.59 Å². The number of benzene rings is 2. The van der Waals surface area contributed by atoms with E-state index in [4.69, 9.17) is 23.2 Å². The predicted molar refractivity (Wildman–Crippen MR) is 111 cm³/mol. The molecule has 0 unspecified atom stereocenters. The van der Waals surface area contributed by atoms with E-state index >= 15 is 0 Å². The third-order valence-corrected chi connectivity index (χ3v) is 4.18. The minimum Gasteiger partial charge on any atom is -0.306 e. The normalized spacial score (nSPS) is 13.6. The molecule has 2 N–H and O–H groups in total. The second kappa shape index (κ2) is 8.28. The van der Waals surface area contributed by atoms with Crippen molar-refractivity contribution in [2.45, 2.75) is 13.8 Å². The molecule has 28 heavy (non-hydrogen) atoms. The zero-order chi connectivity index (χ0) is 20.3. The lowest BCUT2D eigenvalue weighted by atomic mass is 10.3. The zero-order valence-corrected chi connectivity index (χ0v) is 16.5. The van der Waals surface area contributed by atoms with Gasteiger partial charge in [0.25, 0.3) is 0 Å². The van der Waals surface area contributed by atoms with Gasteiger partial charge in [-0.05, 0) is 62.4 Å². The Labute approximate surface area is 171 Å². The van der Waals surface area contributed by atoms with Crippen LogP contribution in [0, 0.1) is 0 Å². The Bertz CT molecular complexity index is 878. The molecular weight excluding hydrogens is 403 g/mol. The van der Waals surface area contributed by atoms with Crippen LogP contribution in [-0.4, -0.2) is 33.8 Å². The Morgan fingerprint density at radius 1 is 0.714 bits per heavy atom. The van der Waals surface area contributed by atoms with Crippen LogP contribution in [0.15, 0.2) is 58.7 Å². The smallest absolute Gasteiger partial charge is 0.306 e. The fourth-order valence-corrected chi connectivity index (χ4v) is 2.57. The molecule has 144 valence electrons. The molecule has 0 saturated carbocycles. The maximum Gasteiger partial charge on any atom is 0.348 e. The molecule has 0 aromatic heterocycles. The van der Waals surface area contributed by atoms with Gasteiger partial charge in [-0.15, -0.1) is 10.2 Å². The number of hydrogen-bond acceptors (Lipinski definition) is 4. The van der Waals surface area contributed by atoms with Crippen LogP contribution in [-0.2, 0) is 0 Å². The lowest BCUT2D eigenvalue weighted by molar-refractivity contribution is 0.223. The topological polar surface area (TPSA) is 89.4 Å². The van der Waals surface area contributed by atoms with E-state index in [1.807, 2.05) is 0 Å². The summed E-state index contributed by atoms with van der Waals surface area (Å²) in [6.45, 7) is 3.14. The second-order valence-electron chi connectivity index (χ2n) is 5.79. The summed E-state index contributed by atoms with van der Waals surface area (Å²) in [6.07, 6.45) is 0. The molecule has 2 aromatic rings. The van der Waals surface area contributed by atoms with Gasteiger partial charge in [-0.3, -0.25) is 0 Å². The fourth-order valence-electron chi connectivity index (χ4n) is 2.32. The summed E-state index contributed by atoms with van der Waals surface area (Å²) >= 11 is 11.7. The van der Waals surface area contributed by atoms with E-state index in [2.05, 4.69) is 20.8 Å². The van der Waals surface area contributed by atoms with Gasteiger partial charge >= 0.3 is 12.1 Å². The summed E-state index contributed by atoms with van der Waals surface area (Å²) in [4.78, 5) is 24.9. The summed E-state index contributed by atoms with van der Waals surface area (Å²) in [5.74, 6) is 0.451. The number of hydrogen-bond donors (Lipinski definition) is 2. The van der Waals surface area contributed by atoms with Crippen molar-refractivity contribution >= 4 is 58.3 Å². The largest absolute Gasteiger partial charge is 0.348 e. The van der Waals surface area contributed by atoms with E-state index < -0.39 is 12.1 Å². The van der Waals surface area contributed by atoms with Crippen LogP contribution in [0.3, 0.4) is 0 Å². The van der Waals surface area contributed by atoms with Crippen molar-refractivity contribution in [1.29, 1.82) is 0 Å². The van der Waals surface area contributed by atoms with Gasteiger partial charge in [0.2, 0.25) is 0 Å². The van der Waals surface area contributed by atoms with Crippen molar-refractivity contribution in [3.8, 4) is 0 Å². The Hall–Kier alpha value is -3.10. The minimum absolute atomic E-state index is 0.225. The van der Waals surface area contributed by atoms with Gasteiger partial charge in [0, 0.05) is 21.4 Å². The summed E-state index contributed by atoms with van der Waals surface area (Å²) in [7, 11) is 0. The lowest BCUT2D eigenvalue weighted by Crippen LogP contribution is -2.45. The average Bonchev–Trinajstić information content (AvgIpc) is 2.66. The van der Waals surface area contributed by atoms with Crippen molar-refractivity contribution in [2.75, 3.05) is 10.6 Å². The summed E-state index contributed by atoms with van der Waals surface area (Å²) in [5, 5.41) is 17.0. The van der Waals surface area contributed by atoms with E-state index in [0.29, 0.717) is 21.4 Å². The van der Waals surface area contributed by atoms with Crippen LogP contribution in [0.4, 0.5) is 21.0 Å². The number of halogens is 2. The molecule has 1 heterocycles. The highest BCUT2D eigenvalue weighted by molar-refractivity contribution is 6.31. The second-order valence-corrected chi connectivity index (χ2v) is 6.66. The average molecular weight is 419 g/mol. The molecule has 0 radical (unpaired) electrons. The number of amides is 4. The van der Waals surface area contributed by atoms with Gasteiger partial charge in [0.15, 0.2) is 11.7 Å². The van der Waals surface area contributed by atoms with Crippen LogP contribution in [0.1, 0.15) is 13.8 Å². The number of nitrogens with one attached hydrogen (secondary N) is 2. The first kappa shape index (κ1) is 19.7. The van der Waals surface area contributed by atoms with Crippen molar-refractivity contribution in [3.05, 3.63) is 58.6 Å². The molecule has 2 aromatic carbocycles. The lowest BCUT2D eigenvalue weighted by Gasteiger charge is -2.27. The monoisotopic (exact) mass is 418 g/mol. The number of carbonyl (C=O) groups is 2. The van der Waals surface area contributed by atoms with Gasteiger partial charge in [-0.2, -0.15) is 10.0 Å². The fraction of sp³-hybridized carbons (Fsp3) is 0.111. The Balaban J connectivity index is 1.69. The van der Waals surface area contributed by atoms with Gasteiger partial charge in [0.05, 0.1) is 0 Å². The molecular formula is C18H16Cl2N6O2. The third kappa shape index (κ3) is 4.59. The van der Waals surface area contributed by atoms with Gasteiger partial charge in [-0.25, -0.2) is 9.59 Å². The first-order chi connectivity index (χ1) is 13.3. The molecule has 0 fully saturated rings. The van der Waals surface area contributed by atoms with Gasteiger partial charge < -0.3 is 10.6 Å². The van der Waals surface area contributed by atoms with E-state index in [0.717, 1.165) is 10.0 Å². The summed E-state index contributed by atoms with van der Waals surface area (Å²) in [6, 6.07) is 12.3. The zero-order valence-electron chi connectivity index (χ0n) is 15.0. The molecule has 0 aliphatic carbocycles. The SMILES string of the molecule is CC1=NN(C(=O)Nc2ccc(Cl)cc2)C(C)=NN1C(=O)Nc1ccc(Cl)cc1. The number of hydrazone groups is 2. The highest BCUT2D eigenvalue weighted by Gasteiger charge is 2.27. The van der Waals surface area contributed by atoms with Gasteiger partial charge in [-0.1, -0.05) is 23.2 Å². The number of urea groups is 2. The Kier molecular flexibility index (Phi) is 5.81. The first-order valence-corrected chi connectivity index (χ1v) is 8.93. The molecule has 0 atom stereocenters. The van der Waals surface area contributed by atoms with Crippen LogP contribution < -0.4 is 10.6 Å². The van der Waals surface area contributed by atoms with Gasteiger partial charge in [0.1, 0.15) is 0 Å². The number of amidine groups is 2. The quantitative estimate of drug-likeness (QED) is 0.714. The van der Waals surface area contributed by atoms with E-state index in [-0.39, 0.29) is 11.7 Å². The van der Waals surface area contributed by atoms with E-state index in [1.54, 1.807) is 62.4 Å². The van der Waals surface area contributed by atoms with E-state index in [1.165, 1.54) is 0 Å². The van der Waals surface area contributed by atoms with Crippen molar-refractivity contribution in [3.63, 3.8) is 0 Å². The molecule has 0 spiro atoms. The van der Waals surface area contributed by atoms with Crippen molar-refractivity contribution in [2.24, 2.45) is 10.2 Å². The highest BCUT2D eigenvalue weighted by Crippen LogP contribution is 2.17. The molecule has 0 bridgehead atoms. The first-order valence-electron chi connectivity index (χ1n) is 8.17. The summed E-state index contributed by atoms with van der Waals surface area (Å²) in [5.41, 5.74) is 1.11. The summed E-state index contributed by atoms with van der Waals surface area (Å²) < 4.78 is 0. The van der Waals surface area contributed by atoms with Crippen LogP contribution in [0.2, 0.25) is 10.0 Å². The molecule has 3 rings (SSSR count). The Morgan fingerprint density at radius 3 is 1.36 bits per heavy atom. The molecule has 1 aliphatic rings. The van der Waals surface area contributed by atoms with Crippen LogP contribution in [0.25, 0.3) is 0 Å². The Morgan fingerprint density at radius 2 is 1.04 bits per heavy atom. The maximum atomic E-state index is 12.5. The number of rotatable bonds is 2. The minimum atomic E-state index is -0.513. The van der Waals surface area contributed by atoms with Crippen molar-refractivity contribution in [1.82, 2.24) is 10.0 Å². The van der Waals surface area contributed by atoms with Crippen LogP contribution in [0.5, 0.6) is 0 Å². The van der Waals surface area contributed by atoms with Crippen molar-refractivity contribution < 1.29 is 9.59 Å². The van der Waals surface area contributed by atoms with Crippen LogP contribution >= 0.6 is 23.2 Å². The predicted octanol–water partition coefficient (Wildman–Crippen LogP) is 5.04. The maximum absolute atomic E-state index is 12.5. The molecule has 1 aliphatic heterocycles. The standard InChI is InChI=1S/C18H16Cl2N6O2/c1-11-23-26(18(28)22-16-9-5-14(20)6-10-16)12(2)24-25(11)17(27)21-15-7-3-13(19)4-8-15/h3-10H,1-2H3,(H,21,27)(H,22,28). The number of anilines is 2. The highest BCUT2D eigenvalue weighted by atomic mass is 35.5. The molecule has 0 saturated heterocycles. The molecule has 10 heteroatoms. The number of nitrogens with zero attached hydrogens (tertiary/aromatic N) is 4. The molecule has 4 amide bonds. The number of carbonyl (C=O) groups excluding carboxylic acids is 2. The molecule has 8 nitrogen and oxygen atoms in total. The third-order valence-electron chi connectivity index (χ3n) is 3.68.